The molecule has 118 valence electrons. The number of rotatable bonds is 4. The molecule has 0 saturated carbocycles. The summed E-state index contributed by atoms with van der Waals surface area (Å²) in [7, 11) is 0. The third-order valence-electron chi connectivity index (χ3n) is 4.37. The third kappa shape index (κ3) is 3.05. The van der Waals surface area contributed by atoms with E-state index in [9.17, 15) is 4.79 Å². The van der Waals surface area contributed by atoms with Crippen LogP contribution in [-0.2, 0) is 13.0 Å². The maximum atomic E-state index is 12.8. The second kappa shape index (κ2) is 6.34. The van der Waals surface area contributed by atoms with Gasteiger partial charge in [-0.05, 0) is 45.1 Å². The molecule has 3 heterocycles. The van der Waals surface area contributed by atoms with Crippen LogP contribution in [0.5, 0.6) is 0 Å². The molecule has 2 aromatic heterocycles. The molecule has 0 aromatic carbocycles. The Morgan fingerprint density at radius 1 is 1.50 bits per heavy atom. The first-order valence-electron chi connectivity index (χ1n) is 7.99. The smallest absolute Gasteiger partial charge is 0.257 e. The molecule has 0 spiro atoms. The molecule has 1 unspecified atom stereocenters. The average Bonchev–Trinajstić information content (AvgIpc) is 3.16. The standard InChI is InChI=1S/C16H23N5O/c1-3-21-11-15(12(2)19-21)16(22)20-8-4-5-13(10-20)9-14-6-7-17-18-14/h6-7,11,13H,3-5,8-10H2,1-2H3,(H,17,18). The lowest BCUT2D eigenvalue weighted by molar-refractivity contribution is 0.0672. The fourth-order valence-electron chi connectivity index (χ4n) is 3.19. The van der Waals surface area contributed by atoms with Crippen molar-refractivity contribution in [3.63, 3.8) is 0 Å². The van der Waals surface area contributed by atoms with Crippen molar-refractivity contribution in [2.75, 3.05) is 13.1 Å². The van der Waals surface area contributed by atoms with Crippen molar-refractivity contribution in [2.24, 2.45) is 5.92 Å². The van der Waals surface area contributed by atoms with E-state index in [1.54, 1.807) is 6.20 Å². The van der Waals surface area contributed by atoms with Crippen LogP contribution < -0.4 is 0 Å². The molecule has 0 bridgehead atoms. The molecule has 2 aromatic rings. The lowest BCUT2D eigenvalue weighted by Crippen LogP contribution is -2.40. The fraction of sp³-hybridized carbons (Fsp3) is 0.562. The van der Waals surface area contributed by atoms with Gasteiger partial charge < -0.3 is 4.90 Å². The van der Waals surface area contributed by atoms with Crippen molar-refractivity contribution in [3.8, 4) is 0 Å². The number of hydrogen-bond acceptors (Lipinski definition) is 3. The summed E-state index contributed by atoms with van der Waals surface area (Å²) in [4.78, 5) is 14.7. The summed E-state index contributed by atoms with van der Waals surface area (Å²) in [6.07, 6.45) is 6.83. The quantitative estimate of drug-likeness (QED) is 0.939. The number of aryl methyl sites for hydroxylation is 2. The van der Waals surface area contributed by atoms with Crippen LogP contribution in [-0.4, -0.2) is 43.9 Å². The number of carbonyl (C=O) groups excluding carboxylic acids is 1. The van der Waals surface area contributed by atoms with E-state index in [1.165, 1.54) is 0 Å². The van der Waals surface area contributed by atoms with Gasteiger partial charge in [0.1, 0.15) is 0 Å². The van der Waals surface area contributed by atoms with Gasteiger partial charge in [0.05, 0.1) is 11.3 Å². The van der Waals surface area contributed by atoms with Crippen molar-refractivity contribution in [3.05, 3.63) is 35.4 Å². The Morgan fingerprint density at radius 2 is 2.36 bits per heavy atom. The highest BCUT2D eigenvalue weighted by Crippen LogP contribution is 2.22. The Labute approximate surface area is 130 Å². The number of nitrogens with zero attached hydrogens (tertiary/aromatic N) is 4. The van der Waals surface area contributed by atoms with Crippen LogP contribution in [0.4, 0.5) is 0 Å². The van der Waals surface area contributed by atoms with Gasteiger partial charge in [-0.25, -0.2) is 0 Å². The van der Waals surface area contributed by atoms with Gasteiger partial charge in [-0.1, -0.05) is 0 Å². The van der Waals surface area contributed by atoms with E-state index in [2.05, 4.69) is 15.3 Å². The van der Waals surface area contributed by atoms with Gasteiger partial charge in [-0.15, -0.1) is 0 Å². The van der Waals surface area contributed by atoms with E-state index in [0.717, 1.165) is 55.8 Å². The minimum atomic E-state index is 0.117. The van der Waals surface area contributed by atoms with Crippen molar-refractivity contribution < 1.29 is 4.79 Å². The molecule has 0 aliphatic carbocycles. The molecule has 22 heavy (non-hydrogen) atoms. The Bertz CT molecular complexity index is 631. The Kier molecular flexibility index (Phi) is 4.27. The van der Waals surface area contributed by atoms with Crippen molar-refractivity contribution in [1.29, 1.82) is 0 Å². The molecular formula is C16H23N5O. The van der Waals surface area contributed by atoms with Gasteiger partial charge >= 0.3 is 0 Å². The maximum absolute atomic E-state index is 12.8. The van der Waals surface area contributed by atoms with Crippen molar-refractivity contribution in [2.45, 2.75) is 39.7 Å². The SMILES string of the molecule is CCn1cc(C(=O)N2CCCC(Cc3ccn[nH]3)C2)c(C)n1. The summed E-state index contributed by atoms with van der Waals surface area (Å²) in [5, 5.41) is 11.4. The van der Waals surface area contributed by atoms with Crippen LogP contribution >= 0.6 is 0 Å². The zero-order valence-corrected chi connectivity index (χ0v) is 13.2. The van der Waals surface area contributed by atoms with Crippen LogP contribution in [0.15, 0.2) is 18.5 Å². The van der Waals surface area contributed by atoms with Crippen LogP contribution in [0.2, 0.25) is 0 Å². The van der Waals surface area contributed by atoms with Crippen molar-refractivity contribution >= 4 is 5.91 Å². The molecule has 1 aliphatic rings. The molecule has 1 aliphatic heterocycles. The molecule has 1 N–H and O–H groups in total. The fourth-order valence-corrected chi connectivity index (χ4v) is 3.19. The number of piperidine rings is 1. The summed E-state index contributed by atoms with van der Waals surface area (Å²) in [5.41, 5.74) is 2.71. The predicted octanol–water partition coefficient (Wildman–Crippen LogP) is 2.03. The van der Waals surface area contributed by atoms with E-state index in [4.69, 9.17) is 0 Å². The zero-order chi connectivity index (χ0) is 15.5. The first-order valence-corrected chi connectivity index (χ1v) is 7.99. The molecule has 1 amide bonds. The number of aromatic nitrogens is 4. The summed E-state index contributed by atoms with van der Waals surface area (Å²) >= 11 is 0. The number of hydrogen-bond donors (Lipinski definition) is 1. The molecular weight excluding hydrogens is 278 g/mol. The summed E-state index contributed by atoms with van der Waals surface area (Å²) in [6.45, 7) is 6.38. The molecule has 1 saturated heterocycles. The monoisotopic (exact) mass is 301 g/mol. The normalized spacial score (nSPS) is 18.6. The largest absolute Gasteiger partial charge is 0.338 e. The van der Waals surface area contributed by atoms with Gasteiger partial charge in [0.2, 0.25) is 0 Å². The second-order valence-corrected chi connectivity index (χ2v) is 6.03. The highest BCUT2D eigenvalue weighted by Gasteiger charge is 2.26. The summed E-state index contributed by atoms with van der Waals surface area (Å²) < 4.78 is 1.83. The van der Waals surface area contributed by atoms with Gasteiger partial charge in [-0.3, -0.25) is 14.6 Å². The minimum Gasteiger partial charge on any atom is -0.338 e. The van der Waals surface area contributed by atoms with E-state index >= 15 is 0 Å². The van der Waals surface area contributed by atoms with Crippen molar-refractivity contribution in [1.82, 2.24) is 24.9 Å². The maximum Gasteiger partial charge on any atom is 0.257 e. The zero-order valence-electron chi connectivity index (χ0n) is 13.2. The highest BCUT2D eigenvalue weighted by atomic mass is 16.2. The average molecular weight is 301 g/mol. The van der Waals surface area contributed by atoms with Crippen LogP contribution in [0.1, 0.15) is 41.5 Å². The number of likely N-dealkylation sites (tertiary alicyclic amines) is 1. The van der Waals surface area contributed by atoms with Gasteiger partial charge in [0.25, 0.3) is 5.91 Å². The van der Waals surface area contributed by atoms with E-state index in [0.29, 0.717) is 5.92 Å². The molecule has 3 rings (SSSR count). The Morgan fingerprint density at radius 3 is 3.05 bits per heavy atom. The van der Waals surface area contributed by atoms with Gasteiger partial charge in [0.15, 0.2) is 0 Å². The number of carbonyl (C=O) groups is 1. The molecule has 1 atom stereocenters. The summed E-state index contributed by atoms with van der Waals surface area (Å²) in [5.74, 6) is 0.617. The Balaban J connectivity index is 1.68. The van der Waals surface area contributed by atoms with Crippen LogP contribution in [0.3, 0.4) is 0 Å². The minimum absolute atomic E-state index is 0.117. The lowest BCUT2D eigenvalue weighted by atomic mass is 9.93. The molecule has 6 heteroatoms. The number of nitrogens with one attached hydrogen (secondary N) is 1. The number of H-pyrrole nitrogens is 1. The topological polar surface area (TPSA) is 66.8 Å². The first kappa shape index (κ1) is 14.8. The molecule has 0 radical (unpaired) electrons. The Hall–Kier alpha value is -2.11. The summed E-state index contributed by atoms with van der Waals surface area (Å²) in [6, 6.07) is 2.01. The predicted molar refractivity (Wildman–Crippen MR) is 83.6 cm³/mol. The molecule has 1 fully saturated rings. The van der Waals surface area contributed by atoms with Gasteiger partial charge in [-0.2, -0.15) is 10.2 Å². The highest BCUT2D eigenvalue weighted by molar-refractivity contribution is 5.95. The van der Waals surface area contributed by atoms with Crippen LogP contribution in [0, 0.1) is 12.8 Å². The molecule has 6 nitrogen and oxygen atoms in total. The van der Waals surface area contributed by atoms with E-state index < -0.39 is 0 Å². The lowest BCUT2D eigenvalue weighted by Gasteiger charge is -2.32. The first-order chi connectivity index (χ1) is 10.7. The van der Waals surface area contributed by atoms with E-state index in [-0.39, 0.29) is 5.91 Å². The number of amides is 1. The van der Waals surface area contributed by atoms with Gasteiger partial charge in [0, 0.05) is 37.7 Å². The third-order valence-corrected chi connectivity index (χ3v) is 4.37. The van der Waals surface area contributed by atoms with Crippen LogP contribution in [0.25, 0.3) is 0 Å². The second-order valence-electron chi connectivity index (χ2n) is 6.03. The van der Waals surface area contributed by atoms with E-state index in [1.807, 2.05) is 35.7 Å². The number of aromatic amines is 1.